The first kappa shape index (κ1) is 15.4. The summed E-state index contributed by atoms with van der Waals surface area (Å²) >= 11 is 0. The molecule has 4 rings (SSSR count). The van der Waals surface area contributed by atoms with Gasteiger partial charge in [-0.05, 0) is 24.1 Å². The molecule has 0 atom stereocenters. The van der Waals surface area contributed by atoms with E-state index in [4.69, 9.17) is 0 Å². The molecular formula is C19H18N4O2. The zero-order valence-corrected chi connectivity index (χ0v) is 13.7. The fraction of sp³-hybridized carbons (Fsp3) is 0.211. The van der Waals surface area contributed by atoms with E-state index < -0.39 is 11.1 Å². The molecular weight excluding hydrogens is 316 g/mol. The Morgan fingerprint density at radius 3 is 2.24 bits per heavy atom. The Bertz CT molecular complexity index is 993. The third kappa shape index (κ3) is 2.87. The third-order valence-electron chi connectivity index (χ3n) is 4.43. The van der Waals surface area contributed by atoms with Crippen molar-refractivity contribution in [3.05, 3.63) is 86.9 Å². The molecule has 0 bridgehead atoms. The van der Waals surface area contributed by atoms with Crippen molar-refractivity contribution in [2.45, 2.75) is 19.5 Å². The Hall–Kier alpha value is -3.15. The first-order chi connectivity index (χ1) is 12.2. The molecule has 1 aromatic heterocycles. The number of hydrogen-bond donors (Lipinski definition) is 0. The Morgan fingerprint density at radius 2 is 1.52 bits per heavy atom. The fourth-order valence-electron chi connectivity index (χ4n) is 3.11. The number of benzene rings is 2. The van der Waals surface area contributed by atoms with Gasteiger partial charge in [-0.2, -0.15) is 0 Å². The van der Waals surface area contributed by atoms with Crippen molar-refractivity contribution in [3.63, 3.8) is 0 Å². The van der Waals surface area contributed by atoms with Gasteiger partial charge in [0, 0.05) is 25.3 Å². The van der Waals surface area contributed by atoms with Crippen molar-refractivity contribution in [1.29, 1.82) is 0 Å². The lowest BCUT2D eigenvalue weighted by Crippen LogP contribution is -2.42. The van der Waals surface area contributed by atoms with Gasteiger partial charge in [0.25, 0.3) is 0 Å². The first-order valence-corrected chi connectivity index (χ1v) is 8.32. The van der Waals surface area contributed by atoms with Crippen molar-refractivity contribution >= 4 is 11.6 Å². The highest BCUT2D eigenvalue weighted by atomic mass is 16.2. The van der Waals surface area contributed by atoms with Gasteiger partial charge in [0.05, 0.1) is 0 Å². The maximum atomic E-state index is 12.4. The van der Waals surface area contributed by atoms with Crippen molar-refractivity contribution in [1.82, 2.24) is 14.3 Å². The van der Waals surface area contributed by atoms with E-state index in [2.05, 4.69) is 5.10 Å². The summed E-state index contributed by atoms with van der Waals surface area (Å²) in [6, 6.07) is 19.7. The molecule has 0 fully saturated rings. The highest BCUT2D eigenvalue weighted by molar-refractivity contribution is 5.58. The summed E-state index contributed by atoms with van der Waals surface area (Å²) in [4.78, 5) is 26.7. The maximum absolute atomic E-state index is 12.4. The summed E-state index contributed by atoms with van der Waals surface area (Å²) in [5.41, 5.74) is 1.01. The van der Waals surface area contributed by atoms with E-state index in [1.807, 2.05) is 65.6 Å². The fourth-order valence-corrected chi connectivity index (χ4v) is 3.11. The van der Waals surface area contributed by atoms with Crippen LogP contribution in [0.3, 0.4) is 0 Å². The van der Waals surface area contributed by atoms with Crippen LogP contribution in [0.5, 0.6) is 0 Å². The Labute approximate surface area is 144 Å². The predicted molar refractivity (Wildman–Crippen MR) is 96.4 cm³/mol. The summed E-state index contributed by atoms with van der Waals surface area (Å²) in [6.07, 6.45) is 0.655. The number of aryl methyl sites for hydroxylation is 2. The zero-order valence-electron chi connectivity index (χ0n) is 13.7. The lowest BCUT2D eigenvalue weighted by molar-refractivity contribution is 0.547. The second-order valence-corrected chi connectivity index (χ2v) is 6.01. The molecule has 25 heavy (non-hydrogen) atoms. The van der Waals surface area contributed by atoms with Gasteiger partial charge < -0.3 is 4.90 Å². The van der Waals surface area contributed by atoms with Crippen LogP contribution in [0.1, 0.15) is 5.56 Å². The Morgan fingerprint density at radius 1 is 0.840 bits per heavy atom. The number of aromatic nitrogens is 3. The molecule has 0 spiro atoms. The standard InChI is InChI=1S/C19H18N4O2/c24-17-18(25)23(12-11-15-7-3-1-4-8-15)20-19-21(13-14-22(17)19)16-9-5-2-6-10-16/h1-10H,11-14H2. The minimum Gasteiger partial charge on any atom is -0.309 e. The summed E-state index contributed by atoms with van der Waals surface area (Å²) in [5.74, 6) is 0.531. The summed E-state index contributed by atoms with van der Waals surface area (Å²) < 4.78 is 2.76. The highest BCUT2D eigenvalue weighted by Gasteiger charge is 2.25. The van der Waals surface area contributed by atoms with Gasteiger partial charge in [-0.1, -0.05) is 48.5 Å². The van der Waals surface area contributed by atoms with Gasteiger partial charge in [-0.15, -0.1) is 5.10 Å². The number of anilines is 2. The number of fused-ring (bicyclic) bond motifs is 1. The van der Waals surface area contributed by atoms with Crippen LogP contribution in [-0.2, 0) is 19.5 Å². The van der Waals surface area contributed by atoms with Gasteiger partial charge in [-0.25, -0.2) is 4.68 Å². The lowest BCUT2D eigenvalue weighted by Gasteiger charge is -2.17. The Kier molecular flexibility index (Phi) is 3.93. The van der Waals surface area contributed by atoms with Gasteiger partial charge in [0.1, 0.15) is 0 Å². The van der Waals surface area contributed by atoms with Crippen molar-refractivity contribution < 1.29 is 0 Å². The number of rotatable bonds is 4. The van der Waals surface area contributed by atoms with Crippen LogP contribution in [0.2, 0.25) is 0 Å². The van der Waals surface area contributed by atoms with Gasteiger partial charge >= 0.3 is 11.1 Å². The smallest absolute Gasteiger partial charge is 0.309 e. The molecule has 0 radical (unpaired) electrons. The molecule has 0 N–H and O–H groups in total. The molecule has 1 aliphatic heterocycles. The van der Waals surface area contributed by atoms with E-state index in [1.165, 1.54) is 9.25 Å². The molecule has 1 aliphatic rings. The van der Waals surface area contributed by atoms with Crippen molar-refractivity contribution in [2.24, 2.45) is 0 Å². The molecule has 0 aliphatic carbocycles. The topological polar surface area (TPSA) is 60.1 Å². The van der Waals surface area contributed by atoms with E-state index in [0.29, 0.717) is 32.0 Å². The van der Waals surface area contributed by atoms with E-state index in [0.717, 1.165) is 11.3 Å². The average Bonchev–Trinajstić information content (AvgIpc) is 3.09. The summed E-state index contributed by atoms with van der Waals surface area (Å²) in [6.45, 7) is 1.49. The average molecular weight is 334 g/mol. The molecule has 6 nitrogen and oxygen atoms in total. The molecule has 126 valence electrons. The van der Waals surface area contributed by atoms with Crippen molar-refractivity contribution in [2.75, 3.05) is 11.4 Å². The zero-order chi connectivity index (χ0) is 17.2. The quantitative estimate of drug-likeness (QED) is 0.683. The molecule has 2 aromatic carbocycles. The monoisotopic (exact) mass is 334 g/mol. The largest absolute Gasteiger partial charge is 0.332 e. The van der Waals surface area contributed by atoms with E-state index >= 15 is 0 Å². The van der Waals surface area contributed by atoms with Crippen LogP contribution in [0.25, 0.3) is 0 Å². The number of hydrogen-bond acceptors (Lipinski definition) is 4. The SMILES string of the molecule is O=c1c(=O)n2c(nn1CCc1ccccc1)N(c1ccccc1)CC2. The number of para-hydroxylation sites is 1. The third-order valence-corrected chi connectivity index (χ3v) is 4.43. The normalized spacial score (nSPS) is 13.0. The molecule has 2 heterocycles. The molecule has 0 amide bonds. The van der Waals surface area contributed by atoms with Gasteiger partial charge in [0.2, 0.25) is 5.95 Å². The number of nitrogens with zero attached hydrogens (tertiary/aromatic N) is 4. The highest BCUT2D eigenvalue weighted by Crippen LogP contribution is 2.25. The van der Waals surface area contributed by atoms with Crippen LogP contribution in [-0.4, -0.2) is 20.9 Å². The van der Waals surface area contributed by atoms with Crippen LogP contribution >= 0.6 is 0 Å². The van der Waals surface area contributed by atoms with Gasteiger partial charge in [-0.3, -0.25) is 14.2 Å². The molecule has 6 heteroatoms. The minimum absolute atomic E-state index is 0.383. The van der Waals surface area contributed by atoms with Crippen LogP contribution in [0.15, 0.2) is 70.3 Å². The van der Waals surface area contributed by atoms with Crippen LogP contribution in [0, 0.1) is 0 Å². The summed E-state index contributed by atoms with van der Waals surface area (Å²) in [7, 11) is 0. The van der Waals surface area contributed by atoms with Gasteiger partial charge in [0.15, 0.2) is 0 Å². The van der Waals surface area contributed by atoms with E-state index in [-0.39, 0.29) is 0 Å². The van der Waals surface area contributed by atoms with Crippen LogP contribution < -0.4 is 16.0 Å². The molecule has 0 saturated carbocycles. The Balaban J connectivity index is 1.69. The summed E-state index contributed by atoms with van der Waals surface area (Å²) in [5, 5.41) is 4.48. The van der Waals surface area contributed by atoms with Crippen molar-refractivity contribution in [3.8, 4) is 0 Å². The molecule has 0 unspecified atom stereocenters. The lowest BCUT2D eigenvalue weighted by atomic mass is 10.1. The molecule has 0 saturated heterocycles. The second kappa shape index (κ2) is 6.39. The molecule has 3 aromatic rings. The first-order valence-electron chi connectivity index (χ1n) is 8.32. The van der Waals surface area contributed by atoms with E-state index in [1.54, 1.807) is 0 Å². The second-order valence-electron chi connectivity index (χ2n) is 6.01. The predicted octanol–water partition coefficient (Wildman–Crippen LogP) is 1.80. The van der Waals surface area contributed by atoms with E-state index in [9.17, 15) is 9.59 Å². The minimum atomic E-state index is -0.561. The maximum Gasteiger partial charge on any atom is 0.332 e. The van der Waals surface area contributed by atoms with Crippen LogP contribution in [0.4, 0.5) is 11.6 Å².